The Morgan fingerprint density at radius 1 is 0.811 bits per heavy atom. The van der Waals surface area contributed by atoms with E-state index in [0.717, 1.165) is 0 Å². The van der Waals surface area contributed by atoms with Gasteiger partial charge in [-0.25, -0.2) is 4.79 Å². The summed E-state index contributed by atoms with van der Waals surface area (Å²) < 4.78 is 50.8. The Labute approximate surface area is 322 Å². The SMILES string of the molecule is COc1ccc(C(=O)O[C@H](CCO[Si](C)(C)C(C)(C)C)C[C@@H]2C[C@H](OC)C[C@]3(C[C@@H](O[Si](C)(C)C(C)(C)C)C[C@H](CCOC(=O)C(C)(C)C)O3)O2)cc1. The quantitative estimate of drug-likeness (QED) is 0.126. The molecule has 10 nitrogen and oxygen atoms in total. The molecule has 0 aliphatic carbocycles. The van der Waals surface area contributed by atoms with Crippen LogP contribution in [0.15, 0.2) is 24.3 Å². The Morgan fingerprint density at radius 3 is 1.92 bits per heavy atom. The zero-order chi connectivity index (χ0) is 40.0. The average molecular weight is 781 g/mol. The Kier molecular flexibility index (Phi) is 15.5. The maximum Gasteiger partial charge on any atom is 0.338 e. The van der Waals surface area contributed by atoms with E-state index in [1.54, 1.807) is 38.5 Å². The van der Waals surface area contributed by atoms with Crippen LogP contribution in [0.1, 0.15) is 118 Å². The van der Waals surface area contributed by atoms with Crippen molar-refractivity contribution in [1.29, 1.82) is 0 Å². The summed E-state index contributed by atoms with van der Waals surface area (Å²) in [5.41, 5.74) is -0.134. The molecule has 0 aromatic heterocycles. The molecule has 3 rings (SSSR count). The van der Waals surface area contributed by atoms with Crippen molar-refractivity contribution in [2.45, 2.75) is 180 Å². The second-order valence-corrected chi connectivity index (χ2v) is 28.8. The molecule has 0 amide bonds. The molecule has 0 bridgehead atoms. The maximum atomic E-state index is 13.5. The maximum absolute atomic E-state index is 13.5. The van der Waals surface area contributed by atoms with Gasteiger partial charge in [-0.15, -0.1) is 0 Å². The lowest BCUT2D eigenvalue weighted by atomic mass is 9.87. The Morgan fingerprint density at radius 2 is 1.38 bits per heavy atom. The highest BCUT2D eigenvalue weighted by Gasteiger charge is 2.51. The molecule has 1 spiro atoms. The predicted octanol–water partition coefficient (Wildman–Crippen LogP) is 9.46. The molecule has 2 saturated heterocycles. The Bertz CT molecular complexity index is 1330. The van der Waals surface area contributed by atoms with Gasteiger partial charge in [0.1, 0.15) is 11.9 Å². The number of esters is 2. The van der Waals surface area contributed by atoms with Crippen LogP contribution in [0.2, 0.25) is 36.3 Å². The highest BCUT2D eigenvalue weighted by atomic mass is 28.4. The molecule has 12 heteroatoms. The number of ether oxygens (including phenoxy) is 6. The third kappa shape index (κ3) is 13.1. The molecule has 2 heterocycles. The Hall–Kier alpha value is -1.81. The topological polar surface area (TPSA) is 108 Å². The fourth-order valence-corrected chi connectivity index (χ4v) is 8.69. The standard InChI is InChI=1S/C41H72O10Si2/c1-38(2,3)37(43)46-22-20-32-25-35(51-53(14,15)40(7,8)9)28-41(49-32)27-34(45-11)26-33(50-41)24-31(21-23-47-52(12,13)39(4,5)6)48-36(42)29-16-18-30(44-10)19-17-29/h16-19,31-35H,20-28H2,1-15H3/t31-,32+,33-,34+,35+,41-/m1/s1. The summed E-state index contributed by atoms with van der Waals surface area (Å²) in [7, 11) is -0.860. The van der Waals surface area contributed by atoms with Gasteiger partial charge in [0.05, 0.1) is 49.1 Å². The molecule has 1 aromatic carbocycles. The van der Waals surface area contributed by atoms with E-state index in [1.165, 1.54) is 0 Å². The molecule has 0 N–H and O–H groups in total. The van der Waals surface area contributed by atoms with E-state index in [9.17, 15) is 9.59 Å². The van der Waals surface area contributed by atoms with Crippen molar-refractivity contribution in [2.75, 3.05) is 27.4 Å². The van der Waals surface area contributed by atoms with E-state index in [4.69, 9.17) is 37.3 Å². The smallest absolute Gasteiger partial charge is 0.338 e. The molecule has 304 valence electrons. The molecule has 2 aliphatic heterocycles. The van der Waals surface area contributed by atoms with Crippen molar-refractivity contribution in [3.05, 3.63) is 29.8 Å². The van der Waals surface area contributed by atoms with Crippen LogP contribution in [0.4, 0.5) is 0 Å². The van der Waals surface area contributed by atoms with Crippen LogP contribution < -0.4 is 4.74 Å². The number of carbonyl (C=O) groups excluding carboxylic acids is 2. The number of carbonyl (C=O) groups is 2. The molecular formula is C41H72O10Si2. The van der Waals surface area contributed by atoms with Gasteiger partial charge in [0, 0.05) is 52.2 Å². The van der Waals surface area contributed by atoms with Gasteiger partial charge in [-0.3, -0.25) is 4.79 Å². The van der Waals surface area contributed by atoms with E-state index in [2.05, 4.69) is 67.7 Å². The molecule has 2 fully saturated rings. The van der Waals surface area contributed by atoms with Crippen molar-refractivity contribution in [2.24, 2.45) is 5.41 Å². The largest absolute Gasteiger partial charge is 0.497 e. The Balaban J connectivity index is 1.88. The van der Waals surface area contributed by atoms with Crippen molar-refractivity contribution < 1.29 is 46.9 Å². The number of hydrogen-bond donors (Lipinski definition) is 0. The predicted molar refractivity (Wildman–Crippen MR) is 213 cm³/mol. The second kappa shape index (κ2) is 18.0. The van der Waals surface area contributed by atoms with Crippen LogP contribution in [0.3, 0.4) is 0 Å². The van der Waals surface area contributed by atoms with Crippen molar-refractivity contribution in [3.8, 4) is 5.75 Å². The molecule has 53 heavy (non-hydrogen) atoms. The minimum Gasteiger partial charge on any atom is -0.497 e. The lowest BCUT2D eigenvalue weighted by molar-refractivity contribution is -0.341. The van der Waals surface area contributed by atoms with Gasteiger partial charge in [-0.05, 0) is 87.7 Å². The summed E-state index contributed by atoms with van der Waals surface area (Å²) in [6.45, 7) is 28.7. The lowest BCUT2D eigenvalue weighted by Crippen LogP contribution is -2.57. The van der Waals surface area contributed by atoms with Crippen LogP contribution in [0.25, 0.3) is 0 Å². The van der Waals surface area contributed by atoms with Crippen LogP contribution in [0, 0.1) is 5.41 Å². The number of benzene rings is 1. The lowest BCUT2D eigenvalue weighted by Gasteiger charge is -2.52. The summed E-state index contributed by atoms with van der Waals surface area (Å²) >= 11 is 0. The fourth-order valence-electron chi connectivity index (χ4n) is 6.26. The first-order valence-electron chi connectivity index (χ1n) is 19.5. The normalized spacial score (nSPS) is 25.2. The first kappa shape index (κ1) is 45.6. The first-order valence-corrected chi connectivity index (χ1v) is 25.3. The van der Waals surface area contributed by atoms with E-state index in [1.807, 2.05) is 20.8 Å². The van der Waals surface area contributed by atoms with Crippen LogP contribution in [-0.4, -0.2) is 92.3 Å². The summed E-state index contributed by atoms with van der Waals surface area (Å²) in [6.07, 6.45) is 2.63. The minimum absolute atomic E-state index is 0.0225. The van der Waals surface area contributed by atoms with E-state index < -0.39 is 39.9 Å². The van der Waals surface area contributed by atoms with E-state index >= 15 is 0 Å². The number of methoxy groups -OCH3 is 2. The molecule has 6 atom stereocenters. The number of hydrogen-bond acceptors (Lipinski definition) is 10. The first-order chi connectivity index (χ1) is 24.3. The molecule has 2 aliphatic rings. The summed E-state index contributed by atoms with van der Waals surface area (Å²) in [5.74, 6) is -0.949. The molecule has 0 saturated carbocycles. The number of rotatable bonds is 15. The van der Waals surface area contributed by atoms with Gasteiger partial charge in [-0.1, -0.05) is 41.5 Å². The third-order valence-corrected chi connectivity index (χ3v) is 20.7. The van der Waals surface area contributed by atoms with E-state index in [0.29, 0.717) is 62.9 Å². The van der Waals surface area contributed by atoms with Crippen LogP contribution in [-0.2, 0) is 37.3 Å². The van der Waals surface area contributed by atoms with Gasteiger partial charge in [0.2, 0.25) is 0 Å². The fraction of sp³-hybridized carbons (Fsp3) is 0.805. The molecule has 0 radical (unpaired) electrons. The second-order valence-electron chi connectivity index (χ2n) is 19.2. The van der Waals surface area contributed by atoms with Gasteiger partial charge in [-0.2, -0.15) is 0 Å². The summed E-state index contributed by atoms with van der Waals surface area (Å²) in [4.78, 5) is 26.1. The van der Waals surface area contributed by atoms with Gasteiger partial charge < -0.3 is 37.3 Å². The summed E-state index contributed by atoms with van der Waals surface area (Å²) in [6, 6.07) is 6.95. The zero-order valence-electron chi connectivity index (χ0n) is 35.6. The third-order valence-electron chi connectivity index (χ3n) is 11.6. The van der Waals surface area contributed by atoms with E-state index in [-0.39, 0.29) is 47.1 Å². The van der Waals surface area contributed by atoms with Gasteiger partial charge in [0.15, 0.2) is 22.4 Å². The molecule has 1 aromatic rings. The highest BCUT2D eigenvalue weighted by Crippen LogP contribution is 2.46. The minimum atomic E-state index is -2.15. The highest BCUT2D eigenvalue weighted by molar-refractivity contribution is 6.74. The van der Waals surface area contributed by atoms with Gasteiger partial charge >= 0.3 is 11.9 Å². The zero-order valence-corrected chi connectivity index (χ0v) is 37.6. The average Bonchev–Trinajstić information content (AvgIpc) is 3.02. The van der Waals surface area contributed by atoms with Crippen LogP contribution in [0.5, 0.6) is 5.75 Å². The molecular weight excluding hydrogens is 709 g/mol. The van der Waals surface area contributed by atoms with Crippen molar-refractivity contribution >= 4 is 28.6 Å². The summed E-state index contributed by atoms with van der Waals surface area (Å²) in [5, 5.41) is 0.0739. The van der Waals surface area contributed by atoms with Crippen molar-refractivity contribution in [1.82, 2.24) is 0 Å². The van der Waals surface area contributed by atoms with Crippen molar-refractivity contribution in [3.63, 3.8) is 0 Å². The van der Waals surface area contributed by atoms with Gasteiger partial charge in [0.25, 0.3) is 0 Å². The van der Waals surface area contributed by atoms with Crippen LogP contribution >= 0.6 is 0 Å². The monoisotopic (exact) mass is 780 g/mol. The molecule has 0 unspecified atom stereocenters.